The van der Waals surface area contributed by atoms with E-state index in [2.05, 4.69) is 30.9 Å². The molecule has 94 valence electrons. The molecule has 0 radical (unpaired) electrons. The van der Waals surface area contributed by atoms with E-state index in [4.69, 9.17) is 10.9 Å². The molecule has 1 aromatic rings. The largest absolute Gasteiger partial charge is 0.409 e. The number of rotatable bonds is 4. The van der Waals surface area contributed by atoms with Crippen LogP contribution in [-0.2, 0) is 0 Å². The molecule has 3 N–H and O–H groups in total. The highest BCUT2D eigenvalue weighted by Gasteiger charge is 2.18. The van der Waals surface area contributed by atoms with Crippen LogP contribution in [0.4, 0.5) is 5.82 Å². The maximum atomic E-state index is 8.76. The van der Waals surface area contributed by atoms with Crippen molar-refractivity contribution in [1.82, 2.24) is 4.98 Å². The number of nitrogens with zero attached hydrogens (tertiary/aromatic N) is 3. The van der Waals surface area contributed by atoms with Crippen LogP contribution < -0.4 is 10.6 Å². The van der Waals surface area contributed by atoms with Crippen LogP contribution in [0.5, 0.6) is 0 Å². The van der Waals surface area contributed by atoms with Crippen LogP contribution in [0.2, 0.25) is 0 Å². The number of oxime groups is 1. The van der Waals surface area contributed by atoms with Crippen molar-refractivity contribution in [3.8, 4) is 0 Å². The van der Waals surface area contributed by atoms with Gasteiger partial charge >= 0.3 is 0 Å². The van der Waals surface area contributed by atoms with E-state index in [0.29, 0.717) is 17.5 Å². The third kappa shape index (κ3) is 2.87. The SMILES string of the molecule is CC(C)C(C)N(C)c1ncccc1/C(N)=N/O. The van der Waals surface area contributed by atoms with Gasteiger partial charge in [-0.2, -0.15) is 0 Å². The molecule has 1 rings (SSSR count). The first-order chi connectivity index (χ1) is 7.99. The summed E-state index contributed by atoms with van der Waals surface area (Å²) in [4.78, 5) is 6.34. The van der Waals surface area contributed by atoms with Crippen LogP contribution in [0.1, 0.15) is 26.3 Å². The molecule has 5 heteroatoms. The topological polar surface area (TPSA) is 74.7 Å². The van der Waals surface area contributed by atoms with Gasteiger partial charge in [-0.15, -0.1) is 0 Å². The first kappa shape index (κ1) is 13.3. The van der Waals surface area contributed by atoms with Gasteiger partial charge in [-0.25, -0.2) is 4.98 Å². The van der Waals surface area contributed by atoms with Crippen molar-refractivity contribution in [2.75, 3.05) is 11.9 Å². The maximum Gasteiger partial charge on any atom is 0.173 e. The second-order valence-corrected chi connectivity index (χ2v) is 4.46. The van der Waals surface area contributed by atoms with Crippen LogP contribution >= 0.6 is 0 Å². The zero-order valence-corrected chi connectivity index (χ0v) is 10.8. The van der Waals surface area contributed by atoms with Crippen molar-refractivity contribution in [2.45, 2.75) is 26.8 Å². The standard InChI is InChI=1S/C12H20N4O/c1-8(2)9(3)16(4)12-10(11(13)15-17)6-5-7-14-12/h5-9,17H,1-4H3,(H2,13,15). The van der Waals surface area contributed by atoms with Gasteiger partial charge in [-0.3, -0.25) is 0 Å². The number of hydrogen-bond donors (Lipinski definition) is 2. The molecular formula is C12H20N4O. The first-order valence-corrected chi connectivity index (χ1v) is 5.64. The Kier molecular flexibility index (Phi) is 4.31. The Balaban J connectivity index is 3.13. The smallest absolute Gasteiger partial charge is 0.173 e. The Bertz CT molecular complexity index is 403. The molecule has 0 saturated carbocycles. The van der Waals surface area contributed by atoms with Crippen LogP contribution in [0.15, 0.2) is 23.5 Å². The molecule has 0 aromatic carbocycles. The normalized spacial score (nSPS) is 13.8. The fraction of sp³-hybridized carbons (Fsp3) is 0.500. The average Bonchev–Trinajstić information content (AvgIpc) is 2.35. The molecule has 1 atom stereocenters. The minimum atomic E-state index is 0.0795. The summed E-state index contributed by atoms with van der Waals surface area (Å²) >= 11 is 0. The van der Waals surface area contributed by atoms with Gasteiger partial charge in [-0.1, -0.05) is 19.0 Å². The Morgan fingerprint density at radius 2 is 2.12 bits per heavy atom. The number of hydrogen-bond acceptors (Lipinski definition) is 4. The van der Waals surface area contributed by atoms with E-state index >= 15 is 0 Å². The van der Waals surface area contributed by atoms with Crippen molar-refractivity contribution in [3.05, 3.63) is 23.9 Å². The lowest BCUT2D eigenvalue weighted by Gasteiger charge is -2.30. The molecule has 0 aliphatic carbocycles. The van der Waals surface area contributed by atoms with Crippen molar-refractivity contribution in [3.63, 3.8) is 0 Å². The van der Waals surface area contributed by atoms with Gasteiger partial charge in [0.15, 0.2) is 5.84 Å². The van der Waals surface area contributed by atoms with Crippen molar-refractivity contribution in [1.29, 1.82) is 0 Å². The Morgan fingerprint density at radius 3 is 2.65 bits per heavy atom. The second-order valence-electron chi connectivity index (χ2n) is 4.46. The second kappa shape index (κ2) is 5.52. The predicted octanol–water partition coefficient (Wildman–Crippen LogP) is 1.66. The van der Waals surface area contributed by atoms with Crippen molar-refractivity contribution < 1.29 is 5.21 Å². The monoisotopic (exact) mass is 236 g/mol. The summed E-state index contributed by atoms with van der Waals surface area (Å²) in [6.45, 7) is 6.41. The van der Waals surface area contributed by atoms with E-state index < -0.39 is 0 Å². The summed E-state index contributed by atoms with van der Waals surface area (Å²) in [5.41, 5.74) is 6.29. The minimum Gasteiger partial charge on any atom is -0.409 e. The van der Waals surface area contributed by atoms with E-state index in [1.807, 2.05) is 11.9 Å². The third-order valence-electron chi connectivity index (χ3n) is 3.08. The molecule has 0 aliphatic rings. The summed E-state index contributed by atoms with van der Waals surface area (Å²) in [6.07, 6.45) is 1.70. The molecule has 0 bridgehead atoms. The Labute approximate surface area is 102 Å². The van der Waals surface area contributed by atoms with E-state index in [1.165, 1.54) is 0 Å². The Morgan fingerprint density at radius 1 is 1.47 bits per heavy atom. The van der Waals surface area contributed by atoms with E-state index in [0.717, 1.165) is 5.82 Å². The van der Waals surface area contributed by atoms with Crippen molar-refractivity contribution in [2.24, 2.45) is 16.8 Å². The summed E-state index contributed by atoms with van der Waals surface area (Å²) in [5, 5.41) is 11.8. The Hall–Kier alpha value is -1.78. The molecular weight excluding hydrogens is 216 g/mol. The highest BCUT2D eigenvalue weighted by molar-refractivity contribution is 6.01. The molecule has 1 aromatic heterocycles. The van der Waals surface area contributed by atoms with Crippen LogP contribution in [0.25, 0.3) is 0 Å². The third-order valence-corrected chi connectivity index (χ3v) is 3.08. The first-order valence-electron chi connectivity index (χ1n) is 5.64. The molecule has 5 nitrogen and oxygen atoms in total. The molecule has 1 heterocycles. The molecule has 0 amide bonds. The number of pyridine rings is 1. The number of amidine groups is 1. The molecule has 0 saturated heterocycles. The van der Waals surface area contributed by atoms with Gasteiger partial charge in [-0.05, 0) is 25.0 Å². The number of aromatic nitrogens is 1. The van der Waals surface area contributed by atoms with Crippen LogP contribution in [-0.4, -0.2) is 29.1 Å². The molecule has 1 unspecified atom stereocenters. The van der Waals surface area contributed by atoms with Gasteiger partial charge in [0.05, 0.1) is 5.56 Å². The maximum absolute atomic E-state index is 8.76. The quantitative estimate of drug-likeness (QED) is 0.361. The molecule has 17 heavy (non-hydrogen) atoms. The fourth-order valence-electron chi connectivity index (χ4n) is 1.57. The highest BCUT2D eigenvalue weighted by atomic mass is 16.4. The van der Waals surface area contributed by atoms with Gasteiger partial charge in [0, 0.05) is 19.3 Å². The van der Waals surface area contributed by atoms with Gasteiger partial charge in [0.25, 0.3) is 0 Å². The lowest BCUT2D eigenvalue weighted by molar-refractivity contribution is 0.318. The zero-order chi connectivity index (χ0) is 13.0. The van der Waals surface area contributed by atoms with Crippen LogP contribution in [0, 0.1) is 5.92 Å². The summed E-state index contributed by atoms with van der Waals surface area (Å²) in [6, 6.07) is 3.88. The molecule has 0 fully saturated rings. The van der Waals surface area contributed by atoms with Crippen molar-refractivity contribution >= 4 is 11.7 Å². The predicted molar refractivity (Wildman–Crippen MR) is 69.5 cm³/mol. The van der Waals surface area contributed by atoms with Crippen LogP contribution in [0.3, 0.4) is 0 Å². The van der Waals surface area contributed by atoms with E-state index in [-0.39, 0.29) is 5.84 Å². The number of anilines is 1. The van der Waals surface area contributed by atoms with Gasteiger partial charge in [0.2, 0.25) is 0 Å². The molecule has 0 aliphatic heterocycles. The lowest BCUT2D eigenvalue weighted by atomic mass is 10.0. The lowest BCUT2D eigenvalue weighted by Crippen LogP contribution is -2.35. The highest BCUT2D eigenvalue weighted by Crippen LogP contribution is 2.20. The summed E-state index contributed by atoms with van der Waals surface area (Å²) in [5.74, 6) is 1.29. The fourth-order valence-corrected chi connectivity index (χ4v) is 1.57. The van der Waals surface area contributed by atoms with E-state index in [9.17, 15) is 0 Å². The zero-order valence-electron chi connectivity index (χ0n) is 10.8. The summed E-state index contributed by atoms with van der Waals surface area (Å²) < 4.78 is 0. The summed E-state index contributed by atoms with van der Waals surface area (Å²) in [7, 11) is 1.96. The average molecular weight is 236 g/mol. The molecule has 0 spiro atoms. The van der Waals surface area contributed by atoms with Gasteiger partial charge < -0.3 is 15.8 Å². The minimum absolute atomic E-state index is 0.0795. The number of nitrogens with two attached hydrogens (primary N) is 1. The van der Waals surface area contributed by atoms with Gasteiger partial charge in [0.1, 0.15) is 5.82 Å². The van der Waals surface area contributed by atoms with E-state index in [1.54, 1.807) is 18.3 Å².